The number of hydrogen-bond acceptors (Lipinski definition) is 5. The quantitative estimate of drug-likeness (QED) is 0.582. The van der Waals surface area contributed by atoms with Crippen molar-refractivity contribution in [2.24, 2.45) is 0 Å². The molecule has 0 aliphatic carbocycles. The first-order valence-electron chi connectivity index (χ1n) is 10.3. The first-order valence-corrected chi connectivity index (χ1v) is 11.1. The lowest BCUT2D eigenvalue weighted by atomic mass is 10.3. The summed E-state index contributed by atoms with van der Waals surface area (Å²) >= 11 is 11.9. The average Bonchev–Trinajstić information content (AvgIpc) is 3.03. The Labute approximate surface area is 205 Å². The lowest BCUT2D eigenvalue weighted by molar-refractivity contribution is -0.192. The van der Waals surface area contributed by atoms with Gasteiger partial charge in [-0.3, -0.25) is 9.69 Å². The maximum Gasteiger partial charge on any atom is 0.490 e. The number of rotatable bonds is 4. The second-order valence-electron chi connectivity index (χ2n) is 7.64. The zero-order valence-corrected chi connectivity index (χ0v) is 20.0. The van der Waals surface area contributed by atoms with Crippen molar-refractivity contribution in [2.75, 3.05) is 26.2 Å². The molecule has 1 aromatic carbocycles. The summed E-state index contributed by atoms with van der Waals surface area (Å²) in [7, 11) is 0. The SMILES string of the molecule is CC(C)N1CCCN(C(=O)c2ccc(Oc3ccc(Cl)c(Cl)c3)cn2)CC1.O=C(O)C(F)(F)F. The molecule has 3 rings (SSSR count). The molecule has 0 saturated carbocycles. The minimum absolute atomic E-state index is 0.0401. The molecule has 2 heterocycles. The second kappa shape index (κ2) is 12.2. The monoisotopic (exact) mass is 521 g/mol. The summed E-state index contributed by atoms with van der Waals surface area (Å²) in [5, 5.41) is 8.02. The highest BCUT2D eigenvalue weighted by Gasteiger charge is 2.38. The van der Waals surface area contributed by atoms with Crippen molar-refractivity contribution in [2.45, 2.75) is 32.5 Å². The van der Waals surface area contributed by atoms with Crippen LogP contribution in [0.5, 0.6) is 11.5 Å². The predicted molar refractivity (Wildman–Crippen MR) is 122 cm³/mol. The minimum Gasteiger partial charge on any atom is -0.475 e. The summed E-state index contributed by atoms with van der Waals surface area (Å²) in [6.07, 6.45) is -2.56. The highest BCUT2D eigenvalue weighted by Crippen LogP contribution is 2.29. The van der Waals surface area contributed by atoms with Crippen molar-refractivity contribution in [3.05, 3.63) is 52.3 Å². The number of pyridine rings is 1. The molecule has 1 fully saturated rings. The van der Waals surface area contributed by atoms with Gasteiger partial charge in [0.1, 0.15) is 17.2 Å². The number of carboxylic acids is 1. The fraction of sp³-hybridized carbons (Fsp3) is 0.409. The highest BCUT2D eigenvalue weighted by molar-refractivity contribution is 6.42. The molecule has 34 heavy (non-hydrogen) atoms. The molecule has 0 bridgehead atoms. The van der Waals surface area contributed by atoms with Crippen molar-refractivity contribution in [3.8, 4) is 11.5 Å². The van der Waals surface area contributed by atoms with Crippen LogP contribution in [0.1, 0.15) is 30.8 Å². The molecular weight excluding hydrogens is 498 g/mol. The van der Waals surface area contributed by atoms with E-state index in [0.29, 0.717) is 33.3 Å². The van der Waals surface area contributed by atoms with Crippen LogP contribution < -0.4 is 4.74 Å². The molecule has 0 unspecified atom stereocenters. The molecule has 0 atom stereocenters. The summed E-state index contributed by atoms with van der Waals surface area (Å²) < 4.78 is 37.5. The Hall–Kier alpha value is -2.56. The van der Waals surface area contributed by atoms with Gasteiger partial charge in [-0.25, -0.2) is 9.78 Å². The smallest absolute Gasteiger partial charge is 0.475 e. The van der Waals surface area contributed by atoms with Gasteiger partial charge in [0, 0.05) is 38.3 Å². The van der Waals surface area contributed by atoms with Crippen LogP contribution in [0.4, 0.5) is 13.2 Å². The number of carbonyl (C=O) groups excluding carboxylic acids is 1. The third-order valence-corrected chi connectivity index (χ3v) is 5.61. The van der Waals surface area contributed by atoms with Crippen molar-refractivity contribution in [1.82, 2.24) is 14.8 Å². The van der Waals surface area contributed by atoms with Crippen molar-refractivity contribution in [1.29, 1.82) is 0 Å². The molecule has 0 spiro atoms. The van der Waals surface area contributed by atoms with Crippen molar-refractivity contribution in [3.63, 3.8) is 0 Å². The maximum atomic E-state index is 12.8. The first-order chi connectivity index (χ1) is 15.9. The van der Waals surface area contributed by atoms with Gasteiger partial charge in [-0.05, 0) is 44.5 Å². The Morgan fingerprint density at radius 3 is 2.21 bits per heavy atom. The predicted octanol–water partition coefficient (Wildman–Crippen LogP) is 5.37. The van der Waals surface area contributed by atoms with Gasteiger partial charge in [-0.1, -0.05) is 23.2 Å². The average molecular weight is 522 g/mol. The Balaban J connectivity index is 0.000000509. The standard InChI is InChI=1S/C20H23Cl2N3O2.C2HF3O2/c1-14(2)24-8-3-9-25(11-10-24)20(26)19-7-5-16(13-23-19)27-15-4-6-17(21)18(22)12-15;3-2(4,5)1(6)7/h4-7,12-14H,3,8-11H2,1-2H3;(H,6,7). The number of nitrogens with zero attached hydrogens (tertiary/aromatic N) is 3. The number of amides is 1. The summed E-state index contributed by atoms with van der Waals surface area (Å²) in [6, 6.07) is 8.97. The van der Waals surface area contributed by atoms with Crippen LogP contribution in [0, 0.1) is 0 Å². The van der Waals surface area contributed by atoms with E-state index in [2.05, 4.69) is 23.7 Å². The van der Waals surface area contributed by atoms with Crippen LogP contribution in [0.15, 0.2) is 36.5 Å². The molecule has 1 amide bonds. The lowest BCUT2D eigenvalue weighted by Gasteiger charge is -2.24. The van der Waals surface area contributed by atoms with Crippen molar-refractivity contribution < 1.29 is 32.6 Å². The fourth-order valence-corrected chi connectivity index (χ4v) is 3.35. The Morgan fingerprint density at radius 2 is 1.68 bits per heavy atom. The molecule has 1 saturated heterocycles. The lowest BCUT2D eigenvalue weighted by Crippen LogP contribution is -2.37. The van der Waals surface area contributed by atoms with E-state index in [1.54, 1.807) is 36.5 Å². The van der Waals surface area contributed by atoms with E-state index in [4.69, 9.17) is 37.8 Å². The van der Waals surface area contributed by atoms with Crippen LogP contribution in [-0.2, 0) is 4.79 Å². The molecule has 1 aliphatic rings. The molecule has 1 aliphatic heterocycles. The third kappa shape index (κ3) is 8.34. The molecule has 0 radical (unpaired) electrons. The van der Waals surface area contributed by atoms with E-state index in [1.807, 2.05) is 4.90 Å². The van der Waals surface area contributed by atoms with E-state index in [1.165, 1.54) is 0 Å². The van der Waals surface area contributed by atoms with Crippen LogP contribution in [0.2, 0.25) is 10.0 Å². The maximum absolute atomic E-state index is 12.8. The van der Waals surface area contributed by atoms with E-state index < -0.39 is 12.1 Å². The number of halogens is 5. The molecule has 12 heteroatoms. The number of ether oxygens (including phenoxy) is 1. The molecule has 7 nitrogen and oxygen atoms in total. The number of aromatic nitrogens is 1. The summed E-state index contributed by atoms with van der Waals surface area (Å²) in [6.45, 7) is 7.76. The summed E-state index contributed by atoms with van der Waals surface area (Å²) in [5.41, 5.74) is 0.425. The van der Waals surface area contributed by atoms with Crippen LogP contribution in [-0.4, -0.2) is 70.2 Å². The zero-order chi connectivity index (χ0) is 25.5. The van der Waals surface area contributed by atoms with Gasteiger partial charge in [0.05, 0.1) is 16.2 Å². The first kappa shape index (κ1) is 27.7. The van der Waals surface area contributed by atoms with Gasteiger partial charge in [0.2, 0.25) is 0 Å². The molecule has 2 aromatic rings. The van der Waals surface area contributed by atoms with E-state index in [9.17, 15) is 18.0 Å². The fourth-order valence-electron chi connectivity index (χ4n) is 3.06. The van der Waals surface area contributed by atoms with E-state index >= 15 is 0 Å². The Morgan fingerprint density at radius 1 is 1.03 bits per heavy atom. The van der Waals surface area contributed by atoms with Crippen LogP contribution in [0.3, 0.4) is 0 Å². The molecular formula is C22H24Cl2F3N3O4. The van der Waals surface area contributed by atoms with Crippen LogP contribution in [0.25, 0.3) is 0 Å². The summed E-state index contributed by atoms with van der Waals surface area (Å²) in [5.74, 6) is -1.70. The van der Waals surface area contributed by atoms with Crippen molar-refractivity contribution >= 4 is 35.1 Å². The number of carbonyl (C=O) groups is 2. The van der Waals surface area contributed by atoms with Gasteiger partial charge < -0.3 is 14.7 Å². The largest absolute Gasteiger partial charge is 0.490 e. The van der Waals surface area contributed by atoms with Gasteiger partial charge in [0.25, 0.3) is 5.91 Å². The van der Waals surface area contributed by atoms with Gasteiger partial charge in [-0.2, -0.15) is 13.2 Å². The Bertz CT molecular complexity index is 988. The number of alkyl halides is 3. The van der Waals surface area contributed by atoms with Gasteiger partial charge >= 0.3 is 12.1 Å². The second-order valence-corrected chi connectivity index (χ2v) is 8.45. The normalized spacial score (nSPS) is 14.8. The topological polar surface area (TPSA) is 83.0 Å². The minimum atomic E-state index is -5.08. The van der Waals surface area contributed by atoms with Gasteiger partial charge in [-0.15, -0.1) is 0 Å². The van der Waals surface area contributed by atoms with Gasteiger partial charge in [0.15, 0.2) is 0 Å². The zero-order valence-electron chi connectivity index (χ0n) is 18.5. The number of hydrogen-bond donors (Lipinski definition) is 1. The highest BCUT2D eigenvalue weighted by atomic mass is 35.5. The van der Waals surface area contributed by atoms with Crippen LogP contribution >= 0.6 is 23.2 Å². The number of aliphatic carboxylic acids is 1. The molecule has 1 aromatic heterocycles. The number of benzene rings is 1. The molecule has 186 valence electrons. The summed E-state index contributed by atoms with van der Waals surface area (Å²) in [4.78, 5) is 30.2. The van der Waals surface area contributed by atoms with E-state index in [0.717, 1.165) is 32.6 Å². The third-order valence-electron chi connectivity index (χ3n) is 4.87. The van der Waals surface area contributed by atoms with E-state index in [-0.39, 0.29) is 5.91 Å². The molecule has 1 N–H and O–H groups in total. The Kier molecular flexibility index (Phi) is 9.96. The number of carboxylic acid groups (broad SMARTS) is 1.